The summed E-state index contributed by atoms with van der Waals surface area (Å²) in [5.74, 6) is 0.678. The van der Waals surface area contributed by atoms with Gasteiger partial charge < -0.3 is 15.7 Å². The van der Waals surface area contributed by atoms with E-state index in [0.717, 1.165) is 25.3 Å². The van der Waals surface area contributed by atoms with E-state index in [0.29, 0.717) is 17.2 Å². The molecule has 2 heterocycles. The van der Waals surface area contributed by atoms with Gasteiger partial charge in [0.05, 0.1) is 17.9 Å². The fraction of sp³-hybridized carbons (Fsp3) is 0.625. The Labute approximate surface area is 126 Å². The molecular formula is C16H25N3O2. The van der Waals surface area contributed by atoms with Crippen molar-refractivity contribution in [1.29, 1.82) is 0 Å². The van der Waals surface area contributed by atoms with Crippen LogP contribution in [0.25, 0.3) is 0 Å². The van der Waals surface area contributed by atoms with E-state index in [1.165, 1.54) is 12.8 Å². The highest BCUT2D eigenvalue weighted by molar-refractivity contribution is 5.94. The van der Waals surface area contributed by atoms with Crippen molar-refractivity contribution in [3.8, 4) is 0 Å². The van der Waals surface area contributed by atoms with E-state index in [4.69, 9.17) is 5.73 Å². The maximum Gasteiger partial charge on any atom is 0.250 e. The first kappa shape index (κ1) is 15.8. The zero-order valence-electron chi connectivity index (χ0n) is 12.9. The number of amides is 1. The van der Waals surface area contributed by atoms with E-state index in [1.807, 2.05) is 6.07 Å². The third-order valence-corrected chi connectivity index (χ3v) is 3.97. The molecule has 2 rings (SSSR count). The van der Waals surface area contributed by atoms with Crippen LogP contribution in [-0.2, 0) is 0 Å². The van der Waals surface area contributed by atoms with Crippen LogP contribution in [0.3, 0.4) is 0 Å². The van der Waals surface area contributed by atoms with E-state index in [-0.39, 0.29) is 12.5 Å². The third kappa shape index (κ3) is 3.73. The van der Waals surface area contributed by atoms with Crippen molar-refractivity contribution >= 4 is 11.7 Å². The van der Waals surface area contributed by atoms with Crippen LogP contribution in [-0.4, -0.2) is 35.7 Å². The van der Waals surface area contributed by atoms with Gasteiger partial charge in [0.2, 0.25) is 0 Å². The molecule has 0 radical (unpaired) electrons. The number of aliphatic hydroxyl groups excluding tert-OH is 1. The fourth-order valence-corrected chi connectivity index (χ4v) is 2.95. The minimum atomic E-state index is -0.479. The largest absolute Gasteiger partial charge is 0.396 e. The Morgan fingerprint density at radius 3 is 2.57 bits per heavy atom. The van der Waals surface area contributed by atoms with Gasteiger partial charge in [0.25, 0.3) is 5.91 Å². The normalized spacial score (nSPS) is 16.5. The van der Waals surface area contributed by atoms with Crippen LogP contribution >= 0.6 is 0 Å². The zero-order chi connectivity index (χ0) is 15.4. The molecule has 3 N–H and O–H groups in total. The second kappa shape index (κ2) is 6.89. The highest BCUT2D eigenvalue weighted by Gasteiger charge is 2.23. The number of rotatable bonds is 6. The summed E-state index contributed by atoms with van der Waals surface area (Å²) in [7, 11) is 0. The molecule has 0 spiro atoms. The minimum Gasteiger partial charge on any atom is -0.396 e. The number of carbonyl (C=O) groups is 1. The van der Waals surface area contributed by atoms with Gasteiger partial charge in [-0.1, -0.05) is 13.8 Å². The summed E-state index contributed by atoms with van der Waals surface area (Å²) in [6.45, 7) is 6.16. The summed E-state index contributed by atoms with van der Waals surface area (Å²) >= 11 is 0. The number of primary amides is 1. The molecular weight excluding hydrogens is 266 g/mol. The molecule has 1 fully saturated rings. The van der Waals surface area contributed by atoms with Gasteiger partial charge in [-0.25, -0.2) is 4.98 Å². The highest BCUT2D eigenvalue weighted by Crippen LogP contribution is 2.28. The molecule has 1 aromatic heterocycles. The maximum atomic E-state index is 11.6. The molecule has 0 aliphatic carbocycles. The summed E-state index contributed by atoms with van der Waals surface area (Å²) in [6.07, 6.45) is 3.13. The summed E-state index contributed by atoms with van der Waals surface area (Å²) < 4.78 is 0. The van der Waals surface area contributed by atoms with Crippen molar-refractivity contribution in [2.45, 2.75) is 39.0 Å². The predicted octanol–water partition coefficient (Wildman–Crippen LogP) is 1.90. The van der Waals surface area contributed by atoms with Crippen molar-refractivity contribution < 1.29 is 9.90 Å². The Hall–Kier alpha value is -1.62. The number of aromatic nitrogens is 1. The van der Waals surface area contributed by atoms with Gasteiger partial charge in [0, 0.05) is 19.0 Å². The van der Waals surface area contributed by atoms with E-state index in [2.05, 4.69) is 23.7 Å². The Kier molecular flexibility index (Phi) is 5.17. The molecule has 0 unspecified atom stereocenters. The summed E-state index contributed by atoms with van der Waals surface area (Å²) in [5, 5.41) is 9.69. The van der Waals surface area contributed by atoms with E-state index >= 15 is 0 Å². The van der Waals surface area contributed by atoms with Crippen LogP contribution in [0, 0.1) is 5.92 Å². The van der Waals surface area contributed by atoms with Crippen LogP contribution in [0.1, 0.15) is 55.1 Å². The van der Waals surface area contributed by atoms with Gasteiger partial charge >= 0.3 is 0 Å². The number of nitrogens with two attached hydrogens (primary N) is 1. The number of hydrogen-bond acceptors (Lipinski definition) is 4. The highest BCUT2D eigenvalue weighted by atomic mass is 16.3. The molecule has 0 bridgehead atoms. The number of nitrogens with zero attached hydrogens (tertiary/aromatic N) is 2. The second-order valence-electron chi connectivity index (χ2n) is 6.17. The van der Waals surface area contributed by atoms with E-state index < -0.39 is 5.91 Å². The van der Waals surface area contributed by atoms with Gasteiger partial charge in [-0.15, -0.1) is 0 Å². The molecule has 5 nitrogen and oxygen atoms in total. The molecule has 21 heavy (non-hydrogen) atoms. The number of hydrogen-bond donors (Lipinski definition) is 2. The summed E-state index contributed by atoms with van der Waals surface area (Å²) in [4.78, 5) is 18.5. The molecule has 1 aliphatic rings. The first-order valence-electron chi connectivity index (χ1n) is 7.69. The lowest BCUT2D eigenvalue weighted by molar-refractivity contribution is 0.0997. The van der Waals surface area contributed by atoms with E-state index in [9.17, 15) is 9.90 Å². The third-order valence-electron chi connectivity index (χ3n) is 3.97. The molecule has 0 saturated carbocycles. The quantitative estimate of drug-likeness (QED) is 0.839. The monoisotopic (exact) mass is 291 g/mol. The first-order chi connectivity index (χ1) is 10.0. The zero-order valence-corrected chi connectivity index (χ0v) is 12.9. The Morgan fingerprint density at radius 2 is 2.05 bits per heavy atom. The molecule has 116 valence electrons. The molecule has 1 amide bonds. The lowest BCUT2D eigenvalue weighted by Crippen LogP contribution is -2.23. The van der Waals surface area contributed by atoms with Gasteiger partial charge in [-0.05, 0) is 37.3 Å². The summed E-state index contributed by atoms with van der Waals surface area (Å²) in [5.41, 5.74) is 6.54. The van der Waals surface area contributed by atoms with Crippen LogP contribution in [0.15, 0.2) is 12.1 Å². The van der Waals surface area contributed by atoms with E-state index in [1.54, 1.807) is 6.07 Å². The standard InChI is InChI=1S/C16H25N3O2/c1-11(2)9-12(10-20)15-13(16(17)21)5-6-14(18-15)19-7-3-4-8-19/h5-6,11-12,20H,3-4,7-10H2,1-2H3,(H2,17,21)/t12-/m0/s1. The van der Waals surface area contributed by atoms with Gasteiger partial charge in [0.1, 0.15) is 5.82 Å². The van der Waals surface area contributed by atoms with Crippen LogP contribution in [0.2, 0.25) is 0 Å². The van der Waals surface area contributed by atoms with Gasteiger partial charge in [-0.3, -0.25) is 4.79 Å². The van der Waals surface area contributed by atoms with Crippen molar-refractivity contribution in [2.75, 3.05) is 24.6 Å². The number of aliphatic hydroxyl groups is 1. The molecule has 1 atom stereocenters. The summed E-state index contributed by atoms with van der Waals surface area (Å²) in [6, 6.07) is 3.61. The average Bonchev–Trinajstić information content (AvgIpc) is 2.98. The molecule has 1 saturated heterocycles. The molecule has 1 aliphatic heterocycles. The fourth-order valence-electron chi connectivity index (χ4n) is 2.95. The minimum absolute atomic E-state index is 0.0189. The van der Waals surface area contributed by atoms with Crippen molar-refractivity contribution in [3.05, 3.63) is 23.4 Å². The smallest absolute Gasteiger partial charge is 0.250 e. The SMILES string of the molecule is CC(C)C[C@@H](CO)c1nc(N2CCCC2)ccc1C(N)=O. The van der Waals surface area contributed by atoms with Crippen molar-refractivity contribution in [2.24, 2.45) is 11.7 Å². The van der Waals surface area contributed by atoms with Gasteiger partial charge in [0.15, 0.2) is 0 Å². The van der Waals surface area contributed by atoms with Crippen LogP contribution in [0.5, 0.6) is 0 Å². The molecule has 5 heteroatoms. The Balaban J connectivity index is 2.37. The predicted molar refractivity (Wildman–Crippen MR) is 83.5 cm³/mol. The van der Waals surface area contributed by atoms with Crippen LogP contribution in [0.4, 0.5) is 5.82 Å². The average molecular weight is 291 g/mol. The maximum absolute atomic E-state index is 11.6. The topological polar surface area (TPSA) is 79.5 Å². The first-order valence-corrected chi connectivity index (χ1v) is 7.69. The van der Waals surface area contributed by atoms with Crippen LogP contribution < -0.4 is 10.6 Å². The molecule has 0 aromatic carbocycles. The van der Waals surface area contributed by atoms with Gasteiger partial charge in [-0.2, -0.15) is 0 Å². The lowest BCUT2D eigenvalue weighted by Gasteiger charge is -2.22. The number of carbonyl (C=O) groups excluding carboxylic acids is 1. The lowest BCUT2D eigenvalue weighted by atomic mass is 9.91. The Morgan fingerprint density at radius 1 is 1.38 bits per heavy atom. The Bertz CT molecular complexity index is 496. The second-order valence-corrected chi connectivity index (χ2v) is 6.17. The number of anilines is 1. The van der Waals surface area contributed by atoms with Crippen molar-refractivity contribution in [1.82, 2.24) is 4.98 Å². The number of pyridine rings is 1. The van der Waals surface area contributed by atoms with Crippen molar-refractivity contribution in [3.63, 3.8) is 0 Å². The molecule has 1 aromatic rings.